The van der Waals surface area contributed by atoms with Crippen molar-refractivity contribution in [3.05, 3.63) is 17.4 Å². The van der Waals surface area contributed by atoms with Gasteiger partial charge in [0.05, 0.1) is 0 Å². The molecule has 11 heavy (non-hydrogen) atoms. The summed E-state index contributed by atoms with van der Waals surface area (Å²) >= 11 is 0. The second kappa shape index (κ2) is 2.53. The lowest BCUT2D eigenvalue weighted by Crippen LogP contribution is -2.12. The number of hydrogen-bond donors (Lipinski definition) is 0. The summed E-state index contributed by atoms with van der Waals surface area (Å²) in [6.07, 6.45) is 1.64. The van der Waals surface area contributed by atoms with Gasteiger partial charge in [-0.1, -0.05) is 0 Å². The van der Waals surface area contributed by atoms with Crippen LogP contribution in [0.25, 0.3) is 0 Å². The fraction of sp³-hybridized carbons (Fsp3) is 0.500. The topological polar surface area (TPSA) is 29.3 Å². The SMILES string of the molecule is O=C(OCCN1CC1)C1=C=C1. The number of carbonyl (C=O) groups is 1. The van der Waals surface area contributed by atoms with E-state index < -0.39 is 0 Å². The van der Waals surface area contributed by atoms with Crippen LogP contribution in [0, 0.1) is 0 Å². The van der Waals surface area contributed by atoms with E-state index in [1.54, 1.807) is 6.08 Å². The molecule has 0 N–H and O–H groups in total. The van der Waals surface area contributed by atoms with Gasteiger partial charge in [0.25, 0.3) is 0 Å². The smallest absolute Gasteiger partial charge is 0.346 e. The molecule has 1 saturated heterocycles. The Balaban J connectivity index is 1.57. The summed E-state index contributed by atoms with van der Waals surface area (Å²) in [5.41, 5.74) is 3.28. The standard InChI is InChI=1S/C8H9NO2/c10-8(7-1-2-7)11-6-5-9-3-4-9/h1H,3-6H2. The van der Waals surface area contributed by atoms with Gasteiger partial charge in [-0.3, -0.25) is 4.90 Å². The molecular formula is C8H9NO2. The molecule has 3 heteroatoms. The molecule has 1 aliphatic carbocycles. The molecule has 58 valence electrons. The van der Waals surface area contributed by atoms with Crippen molar-refractivity contribution in [2.75, 3.05) is 26.2 Å². The molecule has 0 radical (unpaired) electrons. The van der Waals surface area contributed by atoms with Crippen molar-refractivity contribution in [1.82, 2.24) is 4.90 Å². The van der Waals surface area contributed by atoms with Crippen LogP contribution in [-0.2, 0) is 9.53 Å². The largest absolute Gasteiger partial charge is 0.460 e. The minimum atomic E-state index is -0.230. The Morgan fingerprint density at radius 3 is 3.00 bits per heavy atom. The highest BCUT2D eigenvalue weighted by molar-refractivity contribution is 5.95. The lowest BCUT2D eigenvalue weighted by atomic mass is 10.5. The van der Waals surface area contributed by atoms with E-state index in [-0.39, 0.29) is 5.97 Å². The van der Waals surface area contributed by atoms with Gasteiger partial charge in [-0.2, -0.15) is 0 Å². The molecule has 1 heterocycles. The fourth-order valence-corrected chi connectivity index (χ4v) is 0.793. The predicted molar refractivity (Wildman–Crippen MR) is 39.0 cm³/mol. The van der Waals surface area contributed by atoms with E-state index in [1.165, 1.54) is 0 Å². The Morgan fingerprint density at radius 1 is 1.73 bits per heavy atom. The molecule has 0 bridgehead atoms. The molecule has 2 rings (SSSR count). The van der Waals surface area contributed by atoms with Gasteiger partial charge in [0, 0.05) is 25.7 Å². The Hall–Kier alpha value is -1.05. The van der Waals surface area contributed by atoms with Crippen molar-refractivity contribution in [1.29, 1.82) is 0 Å². The minimum absolute atomic E-state index is 0.230. The number of esters is 1. The fourth-order valence-electron chi connectivity index (χ4n) is 0.793. The first-order chi connectivity index (χ1) is 5.36. The molecule has 0 aromatic heterocycles. The molecule has 1 fully saturated rings. The zero-order chi connectivity index (χ0) is 7.68. The number of nitrogens with zero attached hydrogens (tertiary/aromatic N) is 1. The van der Waals surface area contributed by atoms with Gasteiger partial charge >= 0.3 is 5.97 Å². The van der Waals surface area contributed by atoms with E-state index in [0.717, 1.165) is 19.6 Å². The summed E-state index contributed by atoms with van der Waals surface area (Å²) in [7, 11) is 0. The summed E-state index contributed by atoms with van der Waals surface area (Å²) in [6.45, 7) is 3.69. The van der Waals surface area contributed by atoms with Crippen LogP contribution in [0.3, 0.4) is 0 Å². The van der Waals surface area contributed by atoms with Gasteiger partial charge < -0.3 is 4.74 Å². The normalized spacial score (nSPS) is 19.5. The molecule has 3 nitrogen and oxygen atoms in total. The first kappa shape index (κ1) is 6.65. The maximum absolute atomic E-state index is 10.8. The van der Waals surface area contributed by atoms with Gasteiger partial charge in [0.15, 0.2) is 0 Å². The number of carbonyl (C=O) groups excluding carboxylic acids is 1. The molecule has 2 aliphatic rings. The van der Waals surface area contributed by atoms with Crippen LogP contribution in [-0.4, -0.2) is 37.1 Å². The van der Waals surface area contributed by atoms with Crippen LogP contribution in [0.1, 0.15) is 0 Å². The lowest BCUT2D eigenvalue weighted by molar-refractivity contribution is -0.138. The zero-order valence-corrected chi connectivity index (χ0v) is 6.17. The highest BCUT2D eigenvalue weighted by Crippen LogP contribution is 2.08. The van der Waals surface area contributed by atoms with Crippen molar-refractivity contribution in [3.8, 4) is 0 Å². The van der Waals surface area contributed by atoms with Crippen LogP contribution < -0.4 is 0 Å². The summed E-state index contributed by atoms with van der Waals surface area (Å²) in [6, 6.07) is 0. The predicted octanol–water partition coefficient (Wildman–Crippen LogP) is -0.0597. The lowest BCUT2D eigenvalue weighted by Gasteiger charge is -2.01. The third kappa shape index (κ3) is 1.93. The molecule has 0 aromatic rings. The van der Waals surface area contributed by atoms with Crippen molar-refractivity contribution >= 4 is 5.97 Å². The second-order valence-corrected chi connectivity index (χ2v) is 2.68. The number of ether oxygens (including phenoxy) is 1. The average Bonchev–Trinajstić information content (AvgIpc) is 2.85. The van der Waals surface area contributed by atoms with E-state index in [1.807, 2.05) is 0 Å². The monoisotopic (exact) mass is 151 g/mol. The molecular weight excluding hydrogens is 142 g/mol. The van der Waals surface area contributed by atoms with Crippen LogP contribution in [0.15, 0.2) is 17.4 Å². The third-order valence-electron chi connectivity index (χ3n) is 1.69. The van der Waals surface area contributed by atoms with Gasteiger partial charge in [0.1, 0.15) is 12.2 Å². The van der Waals surface area contributed by atoms with Crippen molar-refractivity contribution in [2.24, 2.45) is 0 Å². The van der Waals surface area contributed by atoms with E-state index in [4.69, 9.17) is 4.74 Å². The van der Waals surface area contributed by atoms with Gasteiger partial charge in [-0.05, 0) is 0 Å². The highest BCUT2D eigenvalue weighted by Gasteiger charge is 2.18. The van der Waals surface area contributed by atoms with Crippen molar-refractivity contribution in [2.45, 2.75) is 0 Å². The minimum Gasteiger partial charge on any atom is -0.460 e. The number of rotatable bonds is 4. The maximum atomic E-state index is 10.8. The molecule has 0 aromatic carbocycles. The highest BCUT2D eigenvalue weighted by atomic mass is 16.5. The van der Waals surface area contributed by atoms with E-state index >= 15 is 0 Å². The van der Waals surface area contributed by atoms with Crippen LogP contribution in [0.2, 0.25) is 0 Å². The van der Waals surface area contributed by atoms with Gasteiger partial charge in [0.2, 0.25) is 0 Å². The molecule has 0 spiro atoms. The Labute approximate surface area is 64.9 Å². The first-order valence-corrected chi connectivity index (χ1v) is 3.72. The molecule has 0 amide bonds. The quantitative estimate of drug-likeness (QED) is 0.320. The van der Waals surface area contributed by atoms with Gasteiger partial charge in [-0.25, -0.2) is 4.79 Å². The third-order valence-corrected chi connectivity index (χ3v) is 1.69. The van der Waals surface area contributed by atoms with E-state index in [0.29, 0.717) is 12.2 Å². The van der Waals surface area contributed by atoms with Crippen LogP contribution >= 0.6 is 0 Å². The van der Waals surface area contributed by atoms with E-state index in [9.17, 15) is 4.79 Å². The Kier molecular flexibility index (Phi) is 1.53. The average molecular weight is 151 g/mol. The second-order valence-electron chi connectivity index (χ2n) is 2.68. The molecule has 0 saturated carbocycles. The van der Waals surface area contributed by atoms with Crippen LogP contribution in [0.5, 0.6) is 0 Å². The summed E-state index contributed by atoms with van der Waals surface area (Å²) < 4.78 is 4.91. The Morgan fingerprint density at radius 2 is 2.45 bits per heavy atom. The Bertz CT molecular complexity index is 247. The summed E-state index contributed by atoms with van der Waals surface area (Å²) in [5.74, 6) is -0.230. The van der Waals surface area contributed by atoms with Gasteiger partial charge in [-0.15, -0.1) is 5.73 Å². The number of hydrogen-bond acceptors (Lipinski definition) is 3. The van der Waals surface area contributed by atoms with Crippen molar-refractivity contribution in [3.63, 3.8) is 0 Å². The summed E-state index contributed by atoms with van der Waals surface area (Å²) in [4.78, 5) is 13.0. The van der Waals surface area contributed by atoms with Crippen LogP contribution in [0.4, 0.5) is 0 Å². The summed E-state index contributed by atoms with van der Waals surface area (Å²) in [5, 5.41) is 0. The first-order valence-electron chi connectivity index (χ1n) is 3.72. The van der Waals surface area contributed by atoms with Crippen molar-refractivity contribution < 1.29 is 9.53 Å². The van der Waals surface area contributed by atoms with E-state index in [2.05, 4.69) is 10.6 Å². The molecule has 0 atom stereocenters. The molecule has 0 unspecified atom stereocenters. The maximum Gasteiger partial charge on any atom is 0.346 e. The zero-order valence-electron chi connectivity index (χ0n) is 6.17. The molecule has 1 aliphatic heterocycles.